The number of aliphatic hydroxyl groups is 1. The average Bonchev–Trinajstić information content (AvgIpc) is 3.67. The van der Waals surface area contributed by atoms with Crippen molar-refractivity contribution in [2.75, 3.05) is 20.1 Å². The van der Waals surface area contributed by atoms with Gasteiger partial charge in [-0.05, 0) is 86.4 Å². The quantitative estimate of drug-likeness (QED) is 0.548. The average molecular weight is 567 g/mol. The van der Waals surface area contributed by atoms with Crippen molar-refractivity contribution in [3.05, 3.63) is 58.7 Å². The second-order valence-corrected chi connectivity index (χ2v) is 12.7. The Morgan fingerprint density at radius 2 is 1.93 bits per heavy atom. The minimum Gasteiger partial charge on any atom is -0.504 e. The van der Waals surface area contributed by atoms with E-state index in [9.17, 15) is 28.2 Å². The Hall–Kier alpha value is -3.22. The number of halogens is 3. The number of alkyl halides is 3. The molecule has 0 unspecified atom stereocenters. The minimum absolute atomic E-state index is 0.0382. The number of carbonyl (C=O) groups excluding carboxylic acids is 1. The first-order chi connectivity index (χ1) is 19.4. The number of piperidine rings is 1. The van der Waals surface area contributed by atoms with Gasteiger partial charge >= 0.3 is 6.18 Å². The summed E-state index contributed by atoms with van der Waals surface area (Å²) in [6.45, 7) is 3.81. The highest BCUT2D eigenvalue weighted by molar-refractivity contribution is 5.94. The summed E-state index contributed by atoms with van der Waals surface area (Å²) in [5.74, 6) is 5.82. The first-order valence-corrected chi connectivity index (χ1v) is 14.4. The van der Waals surface area contributed by atoms with Crippen molar-refractivity contribution in [1.82, 2.24) is 9.80 Å². The first-order valence-electron chi connectivity index (χ1n) is 14.4. The number of amides is 1. The highest BCUT2D eigenvalue weighted by atomic mass is 19.4. The van der Waals surface area contributed by atoms with Crippen molar-refractivity contribution in [2.45, 2.75) is 74.4 Å². The molecule has 7 rings (SSSR count). The van der Waals surface area contributed by atoms with Gasteiger partial charge in [0.15, 0.2) is 11.5 Å². The zero-order valence-electron chi connectivity index (χ0n) is 23.0. The van der Waals surface area contributed by atoms with Crippen molar-refractivity contribution in [1.29, 1.82) is 0 Å². The molecule has 216 valence electrons. The maximum Gasteiger partial charge on any atom is 0.416 e. The Morgan fingerprint density at radius 1 is 1.20 bits per heavy atom. The Morgan fingerprint density at radius 3 is 2.61 bits per heavy atom. The summed E-state index contributed by atoms with van der Waals surface area (Å²) in [4.78, 5) is 17.4. The van der Waals surface area contributed by atoms with E-state index in [-0.39, 0.29) is 17.7 Å². The number of aromatic hydroxyl groups is 1. The first kappa shape index (κ1) is 26.7. The smallest absolute Gasteiger partial charge is 0.416 e. The van der Waals surface area contributed by atoms with E-state index in [4.69, 9.17) is 4.74 Å². The van der Waals surface area contributed by atoms with E-state index in [1.807, 2.05) is 13.0 Å². The number of carbonyl (C=O) groups is 1. The van der Waals surface area contributed by atoms with Crippen LogP contribution in [0, 0.1) is 23.7 Å². The van der Waals surface area contributed by atoms with Crippen molar-refractivity contribution in [3.63, 3.8) is 0 Å². The maximum absolute atomic E-state index is 13.4. The fourth-order valence-corrected chi connectivity index (χ4v) is 8.41. The zero-order chi connectivity index (χ0) is 28.9. The van der Waals surface area contributed by atoms with E-state index in [1.54, 1.807) is 18.0 Å². The van der Waals surface area contributed by atoms with Crippen LogP contribution in [0.1, 0.15) is 54.9 Å². The topological polar surface area (TPSA) is 73.2 Å². The monoisotopic (exact) mass is 566 g/mol. The van der Waals surface area contributed by atoms with Crippen LogP contribution in [0.15, 0.2) is 36.4 Å². The van der Waals surface area contributed by atoms with Crippen LogP contribution < -0.4 is 4.74 Å². The number of rotatable bonds is 3. The van der Waals surface area contributed by atoms with E-state index < -0.39 is 40.8 Å². The summed E-state index contributed by atoms with van der Waals surface area (Å²) in [7, 11) is 1.67. The number of likely N-dealkylation sites (N-methyl/N-ethyl adjacent to an activating group) is 1. The molecule has 2 bridgehead atoms. The molecule has 1 saturated heterocycles. The molecule has 2 heterocycles. The normalized spacial score (nSPS) is 33.3. The van der Waals surface area contributed by atoms with Gasteiger partial charge in [0.2, 0.25) is 0 Å². The van der Waals surface area contributed by atoms with Gasteiger partial charge < -0.3 is 19.8 Å². The summed E-state index contributed by atoms with van der Waals surface area (Å²) in [5.41, 5.74) is -0.347. The molecule has 1 amide bonds. The molecule has 2 aromatic carbocycles. The van der Waals surface area contributed by atoms with Gasteiger partial charge in [-0.25, -0.2) is 0 Å². The van der Waals surface area contributed by atoms with Crippen LogP contribution in [0.2, 0.25) is 0 Å². The molecule has 3 fully saturated rings. The summed E-state index contributed by atoms with van der Waals surface area (Å²) < 4.78 is 45.3. The van der Waals surface area contributed by atoms with Crippen LogP contribution in [0.25, 0.3) is 0 Å². The van der Waals surface area contributed by atoms with Crippen LogP contribution in [-0.4, -0.2) is 69.8 Å². The van der Waals surface area contributed by atoms with E-state index in [0.29, 0.717) is 36.5 Å². The second kappa shape index (κ2) is 8.89. The lowest BCUT2D eigenvalue weighted by atomic mass is 9.46. The molecule has 2 aliphatic heterocycles. The van der Waals surface area contributed by atoms with Gasteiger partial charge in [-0.3, -0.25) is 9.69 Å². The van der Waals surface area contributed by atoms with E-state index in [2.05, 4.69) is 16.7 Å². The summed E-state index contributed by atoms with van der Waals surface area (Å²) in [5, 5.41) is 23.6. The molecule has 6 atom stereocenters. The molecule has 0 radical (unpaired) electrons. The Bertz CT molecular complexity index is 1480. The highest BCUT2D eigenvalue weighted by Gasteiger charge is 2.74. The number of phenolic OH excluding ortho intramolecular Hbond substituents is 1. The van der Waals surface area contributed by atoms with E-state index in [0.717, 1.165) is 36.3 Å². The lowest BCUT2D eigenvalue weighted by Crippen LogP contribution is -2.79. The van der Waals surface area contributed by atoms with Crippen molar-refractivity contribution < 1.29 is 32.9 Å². The molecule has 3 aliphatic carbocycles. The third kappa shape index (κ3) is 3.83. The van der Waals surface area contributed by atoms with Crippen molar-refractivity contribution in [3.8, 4) is 23.3 Å². The van der Waals surface area contributed by atoms with Gasteiger partial charge in [0.25, 0.3) is 5.91 Å². The van der Waals surface area contributed by atoms with Crippen LogP contribution in [0.4, 0.5) is 13.2 Å². The van der Waals surface area contributed by atoms with Crippen LogP contribution in [0.3, 0.4) is 0 Å². The molecular weight excluding hydrogens is 533 g/mol. The number of likely N-dealkylation sites (tertiary alicyclic amines) is 1. The Balaban J connectivity index is 1.23. The Labute approximate surface area is 237 Å². The van der Waals surface area contributed by atoms with Gasteiger partial charge in [-0.1, -0.05) is 18.9 Å². The van der Waals surface area contributed by atoms with E-state index in [1.165, 1.54) is 25.0 Å². The van der Waals surface area contributed by atoms with Crippen LogP contribution in [-0.2, 0) is 22.8 Å². The van der Waals surface area contributed by atoms with Gasteiger partial charge in [-0.2, -0.15) is 13.2 Å². The molecule has 0 aromatic heterocycles. The molecule has 2 N–H and O–H groups in total. The van der Waals surface area contributed by atoms with Gasteiger partial charge in [0, 0.05) is 36.7 Å². The number of hydrogen-bond acceptors (Lipinski definition) is 5. The zero-order valence-corrected chi connectivity index (χ0v) is 23.0. The Kier molecular flexibility index (Phi) is 5.78. The number of hydrogen-bond donors (Lipinski definition) is 2. The standard InChI is InChI=1S/C32H33F3N2O4/c1-18-16-31(40)24-15-21-8-11-23(38)28-26(21)30(31,13-14-37(24)17-20-3-4-20)29(41-28)27(18)36(2)25(39)12-7-19-5-9-22(10-6-19)32(33,34)35/h5-6,8-11,18,20,24,27,29,38,40H,3-4,13-17H2,1-2H3/t18-,24-,27+,29+,30+,31-/m1/s1. The lowest BCUT2D eigenvalue weighted by Gasteiger charge is -2.66. The summed E-state index contributed by atoms with van der Waals surface area (Å²) in [6.07, 6.45) is -0.747. The second-order valence-electron chi connectivity index (χ2n) is 12.7. The van der Waals surface area contributed by atoms with Gasteiger partial charge in [0.05, 0.1) is 22.6 Å². The number of nitrogens with zero attached hydrogens (tertiary/aromatic N) is 2. The van der Waals surface area contributed by atoms with Gasteiger partial charge in [0.1, 0.15) is 6.10 Å². The third-order valence-corrected chi connectivity index (χ3v) is 10.4. The fraction of sp³-hybridized carbons (Fsp3) is 0.531. The molecule has 2 aromatic rings. The molecular formula is C32H33F3N2O4. The van der Waals surface area contributed by atoms with E-state index >= 15 is 0 Å². The third-order valence-electron chi connectivity index (χ3n) is 10.4. The lowest BCUT2D eigenvalue weighted by molar-refractivity contribution is -0.212. The molecule has 6 nitrogen and oxygen atoms in total. The molecule has 9 heteroatoms. The predicted molar refractivity (Wildman–Crippen MR) is 144 cm³/mol. The largest absolute Gasteiger partial charge is 0.504 e. The van der Waals surface area contributed by atoms with Gasteiger partial charge in [-0.15, -0.1) is 0 Å². The van der Waals surface area contributed by atoms with Crippen molar-refractivity contribution >= 4 is 5.91 Å². The molecule has 1 spiro atoms. The van der Waals surface area contributed by atoms with Crippen LogP contribution in [0.5, 0.6) is 11.5 Å². The minimum atomic E-state index is -4.44. The molecule has 2 saturated carbocycles. The summed E-state index contributed by atoms with van der Waals surface area (Å²) >= 11 is 0. The van der Waals surface area contributed by atoms with Crippen LogP contribution >= 0.6 is 0 Å². The SMILES string of the molecule is C[C@@H]1C[C@@]2(O)[C@H]3Cc4ccc(O)c5c4[C@@]2(CCN3CC2CC2)[C@@H](O5)[C@H]1N(C)C(=O)C#Cc1ccc(C(F)(F)F)cc1. The fourth-order valence-electron chi connectivity index (χ4n) is 8.41. The highest BCUT2D eigenvalue weighted by Crippen LogP contribution is 2.66. The number of phenols is 1. The van der Waals surface area contributed by atoms with Crippen molar-refractivity contribution in [2.24, 2.45) is 11.8 Å². The number of ether oxygens (including phenoxy) is 1. The maximum atomic E-state index is 13.4. The number of benzene rings is 2. The molecule has 41 heavy (non-hydrogen) atoms. The predicted octanol–water partition coefficient (Wildman–Crippen LogP) is 4.10. The molecule has 5 aliphatic rings. The summed E-state index contributed by atoms with van der Waals surface area (Å²) in [6, 6.07) is 7.51.